The van der Waals surface area contributed by atoms with Crippen LogP contribution in [0.4, 0.5) is 4.39 Å². The van der Waals surface area contributed by atoms with Crippen LogP contribution in [-0.4, -0.2) is 21.7 Å². The Morgan fingerprint density at radius 1 is 1.39 bits per heavy atom. The number of benzene rings is 1. The summed E-state index contributed by atoms with van der Waals surface area (Å²) in [5.74, 6) is -0.243. The molecule has 0 aliphatic rings. The van der Waals surface area contributed by atoms with Crippen molar-refractivity contribution in [2.75, 3.05) is 0 Å². The Bertz CT molecular complexity index is 694. The molecule has 2 aromatic rings. The molecule has 2 rings (SSSR count). The number of halogens is 1. The van der Waals surface area contributed by atoms with Gasteiger partial charge >= 0.3 is 0 Å². The van der Waals surface area contributed by atoms with Gasteiger partial charge in [0.1, 0.15) is 5.82 Å². The molecule has 0 spiro atoms. The zero-order chi connectivity index (χ0) is 17.0. The molecule has 0 fully saturated rings. The molecule has 1 N–H and O–H groups in total. The van der Waals surface area contributed by atoms with Crippen LogP contribution in [-0.2, 0) is 17.8 Å². The summed E-state index contributed by atoms with van der Waals surface area (Å²) in [6, 6.07) is 6.66. The van der Waals surface area contributed by atoms with Crippen molar-refractivity contribution in [3.63, 3.8) is 0 Å². The van der Waals surface area contributed by atoms with Crippen molar-refractivity contribution in [1.29, 1.82) is 0 Å². The average Bonchev–Trinajstić information content (AvgIpc) is 2.74. The molecule has 124 valence electrons. The molecule has 0 aliphatic carbocycles. The van der Waals surface area contributed by atoms with Crippen molar-refractivity contribution in [1.82, 2.24) is 15.1 Å². The lowest BCUT2D eigenvalue weighted by atomic mass is 10.1. The number of amides is 1. The second-order valence-corrected chi connectivity index (χ2v) is 5.99. The van der Waals surface area contributed by atoms with Crippen LogP contribution in [0.15, 0.2) is 24.3 Å². The number of hydrogen-bond acceptors (Lipinski definition) is 2. The van der Waals surface area contributed by atoms with Gasteiger partial charge in [0.05, 0.1) is 18.7 Å². The van der Waals surface area contributed by atoms with Crippen molar-refractivity contribution >= 4 is 5.91 Å². The topological polar surface area (TPSA) is 46.9 Å². The first-order chi connectivity index (χ1) is 10.9. The molecule has 5 heteroatoms. The van der Waals surface area contributed by atoms with Gasteiger partial charge in [-0.25, -0.2) is 4.39 Å². The van der Waals surface area contributed by atoms with Crippen LogP contribution >= 0.6 is 0 Å². The fraction of sp³-hybridized carbons (Fsp3) is 0.444. The SMILES string of the molecule is CCC(C)NC(=O)Cc1c(C)nn(Cc2cccc(F)c2)c1C. The van der Waals surface area contributed by atoms with E-state index in [9.17, 15) is 9.18 Å². The predicted octanol–water partition coefficient (Wildman–Crippen LogP) is 3.14. The van der Waals surface area contributed by atoms with Gasteiger partial charge in [0.2, 0.25) is 5.91 Å². The number of nitrogens with zero attached hydrogens (tertiary/aromatic N) is 2. The summed E-state index contributed by atoms with van der Waals surface area (Å²) in [6.07, 6.45) is 1.23. The Morgan fingerprint density at radius 2 is 2.13 bits per heavy atom. The van der Waals surface area contributed by atoms with Crippen LogP contribution in [0.2, 0.25) is 0 Å². The molecule has 1 aromatic carbocycles. The van der Waals surface area contributed by atoms with E-state index in [1.807, 2.05) is 38.4 Å². The monoisotopic (exact) mass is 317 g/mol. The van der Waals surface area contributed by atoms with E-state index in [0.717, 1.165) is 28.9 Å². The number of nitrogens with one attached hydrogen (secondary N) is 1. The minimum absolute atomic E-state index is 0.0101. The summed E-state index contributed by atoms with van der Waals surface area (Å²) in [6.45, 7) is 8.38. The quantitative estimate of drug-likeness (QED) is 0.889. The van der Waals surface area contributed by atoms with E-state index >= 15 is 0 Å². The number of aryl methyl sites for hydroxylation is 1. The molecule has 0 bridgehead atoms. The van der Waals surface area contributed by atoms with Crippen LogP contribution in [0.5, 0.6) is 0 Å². The molecule has 23 heavy (non-hydrogen) atoms. The van der Waals surface area contributed by atoms with E-state index in [2.05, 4.69) is 10.4 Å². The zero-order valence-electron chi connectivity index (χ0n) is 14.2. The Hall–Kier alpha value is -2.17. The van der Waals surface area contributed by atoms with Gasteiger partial charge in [-0.15, -0.1) is 0 Å². The van der Waals surface area contributed by atoms with E-state index < -0.39 is 0 Å². The van der Waals surface area contributed by atoms with Crippen LogP contribution in [0.3, 0.4) is 0 Å². The van der Waals surface area contributed by atoms with E-state index in [4.69, 9.17) is 0 Å². The maximum absolute atomic E-state index is 13.3. The van der Waals surface area contributed by atoms with E-state index in [1.165, 1.54) is 12.1 Å². The number of carbonyl (C=O) groups excluding carboxylic acids is 1. The first-order valence-corrected chi connectivity index (χ1v) is 7.97. The third-order valence-electron chi connectivity index (χ3n) is 4.11. The van der Waals surface area contributed by atoms with E-state index in [-0.39, 0.29) is 17.8 Å². The second-order valence-electron chi connectivity index (χ2n) is 5.99. The van der Waals surface area contributed by atoms with Gasteiger partial charge in [-0.2, -0.15) is 5.10 Å². The number of hydrogen-bond donors (Lipinski definition) is 1. The van der Waals surface area contributed by atoms with Crippen molar-refractivity contribution in [2.45, 2.75) is 53.1 Å². The fourth-order valence-corrected chi connectivity index (χ4v) is 2.54. The number of rotatable bonds is 6. The largest absolute Gasteiger partial charge is 0.353 e. The molecule has 1 unspecified atom stereocenters. The Morgan fingerprint density at radius 3 is 2.78 bits per heavy atom. The Balaban J connectivity index is 2.14. The van der Waals surface area contributed by atoms with E-state index in [1.54, 1.807) is 6.07 Å². The predicted molar refractivity (Wildman–Crippen MR) is 88.8 cm³/mol. The summed E-state index contributed by atoms with van der Waals surface area (Å²) in [4.78, 5) is 12.1. The summed E-state index contributed by atoms with van der Waals surface area (Å²) < 4.78 is 15.1. The molecule has 1 atom stereocenters. The molecule has 0 saturated carbocycles. The average molecular weight is 317 g/mol. The lowest BCUT2D eigenvalue weighted by molar-refractivity contribution is -0.121. The van der Waals surface area contributed by atoms with Gasteiger partial charge in [-0.1, -0.05) is 19.1 Å². The third kappa shape index (κ3) is 4.41. The lowest BCUT2D eigenvalue weighted by Crippen LogP contribution is -2.33. The summed E-state index contributed by atoms with van der Waals surface area (Å²) in [5.41, 5.74) is 3.60. The normalized spacial score (nSPS) is 12.2. The van der Waals surface area contributed by atoms with Gasteiger partial charge in [0.15, 0.2) is 0 Å². The minimum atomic E-state index is -0.253. The molecular weight excluding hydrogens is 293 g/mol. The first-order valence-electron chi connectivity index (χ1n) is 7.97. The highest BCUT2D eigenvalue weighted by Crippen LogP contribution is 2.16. The third-order valence-corrected chi connectivity index (χ3v) is 4.11. The highest BCUT2D eigenvalue weighted by molar-refractivity contribution is 5.79. The van der Waals surface area contributed by atoms with Gasteiger partial charge in [-0.3, -0.25) is 9.48 Å². The number of carbonyl (C=O) groups is 1. The van der Waals surface area contributed by atoms with Gasteiger partial charge in [0.25, 0.3) is 0 Å². The molecular formula is C18H24FN3O. The van der Waals surface area contributed by atoms with Gasteiger partial charge < -0.3 is 5.32 Å². The van der Waals surface area contributed by atoms with Crippen LogP contribution in [0.1, 0.15) is 42.8 Å². The second kappa shape index (κ2) is 7.40. The maximum atomic E-state index is 13.3. The zero-order valence-corrected chi connectivity index (χ0v) is 14.2. The van der Waals surface area contributed by atoms with Gasteiger partial charge in [-0.05, 0) is 44.9 Å². The highest BCUT2D eigenvalue weighted by atomic mass is 19.1. The lowest BCUT2D eigenvalue weighted by Gasteiger charge is -2.11. The van der Waals surface area contributed by atoms with Crippen molar-refractivity contribution in [3.05, 3.63) is 52.6 Å². The highest BCUT2D eigenvalue weighted by Gasteiger charge is 2.16. The smallest absolute Gasteiger partial charge is 0.224 e. The van der Waals surface area contributed by atoms with Crippen LogP contribution < -0.4 is 5.32 Å². The van der Waals surface area contributed by atoms with Crippen LogP contribution in [0.25, 0.3) is 0 Å². The molecule has 4 nitrogen and oxygen atoms in total. The van der Waals surface area contributed by atoms with Crippen LogP contribution in [0, 0.1) is 19.7 Å². The van der Waals surface area contributed by atoms with Crippen molar-refractivity contribution < 1.29 is 9.18 Å². The summed E-state index contributed by atoms with van der Waals surface area (Å²) >= 11 is 0. The molecule has 0 radical (unpaired) electrons. The summed E-state index contributed by atoms with van der Waals surface area (Å²) in [5, 5.41) is 7.48. The molecule has 0 saturated heterocycles. The van der Waals surface area contributed by atoms with Crippen molar-refractivity contribution in [2.24, 2.45) is 0 Å². The number of aromatic nitrogens is 2. The molecule has 1 aromatic heterocycles. The Kier molecular flexibility index (Phi) is 5.53. The van der Waals surface area contributed by atoms with E-state index in [0.29, 0.717) is 13.0 Å². The molecule has 1 heterocycles. The molecule has 1 amide bonds. The molecule has 0 aliphatic heterocycles. The standard InChI is InChI=1S/C18H24FN3O/c1-5-12(2)20-18(23)10-17-13(3)21-22(14(17)4)11-15-7-6-8-16(19)9-15/h6-9,12H,5,10-11H2,1-4H3,(H,20,23). The fourth-order valence-electron chi connectivity index (χ4n) is 2.54. The first kappa shape index (κ1) is 17.2. The Labute approximate surface area is 136 Å². The van der Waals surface area contributed by atoms with Crippen molar-refractivity contribution in [3.8, 4) is 0 Å². The minimum Gasteiger partial charge on any atom is -0.353 e. The van der Waals surface area contributed by atoms with Gasteiger partial charge in [0, 0.05) is 17.3 Å². The maximum Gasteiger partial charge on any atom is 0.224 e. The summed E-state index contributed by atoms with van der Waals surface area (Å²) in [7, 11) is 0.